The molecule has 0 atom stereocenters. The molecule has 0 radical (unpaired) electrons. The Hall–Kier alpha value is -0.250. The van der Waals surface area contributed by atoms with E-state index in [2.05, 4.69) is 10.0 Å². The SMILES string of the molecule is O=S(=O)(NC1(CO)CCOCC1)N1CCNCC1. The molecule has 8 heteroatoms. The van der Waals surface area contributed by atoms with Gasteiger partial charge in [-0.15, -0.1) is 0 Å². The van der Waals surface area contributed by atoms with Crippen molar-refractivity contribution in [3.63, 3.8) is 0 Å². The molecular formula is C10H21N3O4S. The van der Waals surface area contributed by atoms with Gasteiger partial charge >= 0.3 is 0 Å². The van der Waals surface area contributed by atoms with Crippen LogP contribution >= 0.6 is 0 Å². The molecule has 7 nitrogen and oxygen atoms in total. The zero-order valence-corrected chi connectivity index (χ0v) is 11.2. The summed E-state index contributed by atoms with van der Waals surface area (Å²) >= 11 is 0. The van der Waals surface area contributed by atoms with E-state index in [4.69, 9.17) is 4.74 Å². The third-order valence-electron chi connectivity index (χ3n) is 3.51. The van der Waals surface area contributed by atoms with Crippen molar-refractivity contribution in [3.8, 4) is 0 Å². The Morgan fingerprint density at radius 2 is 1.89 bits per heavy atom. The fourth-order valence-electron chi connectivity index (χ4n) is 2.28. The zero-order valence-electron chi connectivity index (χ0n) is 10.4. The van der Waals surface area contributed by atoms with E-state index < -0.39 is 15.7 Å². The smallest absolute Gasteiger partial charge is 0.280 e. The maximum Gasteiger partial charge on any atom is 0.280 e. The van der Waals surface area contributed by atoms with Crippen molar-refractivity contribution in [2.75, 3.05) is 46.0 Å². The van der Waals surface area contributed by atoms with E-state index in [0.717, 1.165) is 0 Å². The minimum atomic E-state index is -3.53. The molecule has 2 aliphatic heterocycles. The summed E-state index contributed by atoms with van der Waals surface area (Å²) < 4.78 is 33.8. The van der Waals surface area contributed by atoms with Gasteiger partial charge in [0.1, 0.15) is 0 Å². The lowest BCUT2D eigenvalue weighted by atomic mass is 9.93. The highest BCUT2D eigenvalue weighted by Crippen LogP contribution is 2.22. The lowest BCUT2D eigenvalue weighted by molar-refractivity contribution is 0.0215. The predicted octanol–water partition coefficient (Wildman–Crippen LogP) is -1.73. The van der Waals surface area contributed by atoms with Crippen LogP contribution in [0.15, 0.2) is 0 Å². The number of ether oxygens (including phenoxy) is 1. The molecule has 0 saturated carbocycles. The van der Waals surface area contributed by atoms with Gasteiger partial charge in [-0.1, -0.05) is 0 Å². The summed E-state index contributed by atoms with van der Waals surface area (Å²) in [5.74, 6) is 0. The van der Waals surface area contributed by atoms with Crippen LogP contribution in [0.4, 0.5) is 0 Å². The molecule has 18 heavy (non-hydrogen) atoms. The molecule has 0 aromatic heterocycles. The number of aliphatic hydroxyl groups is 1. The first-order valence-electron chi connectivity index (χ1n) is 6.26. The maximum atomic E-state index is 12.3. The molecule has 3 N–H and O–H groups in total. The van der Waals surface area contributed by atoms with Crippen molar-refractivity contribution in [2.45, 2.75) is 18.4 Å². The number of hydrogen-bond donors (Lipinski definition) is 3. The third kappa shape index (κ3) is 3.19. The van der Waals surface area contributed by atoms with Gasteiger partial charge in [0, 0.05) is 39.4 Å². The Morgan fingerprint density at radius 1 is 1.28 bits per heavy atom. The number of piperazine rings is 1. The Kier molecular flexibility index (Phi) is 4.57. The van der Waals surface area contributed by atoms with Gasteiger partial charge in [0.05, 0.1) is 12.1 Å². The quantitative estimate of drug-likeness (QED) is 0.569. The second-order valence-electron chi connectivity index (χ2n) is 4.81. The molecule has 0 spiro atoms. The molecule has 0 aromatic rings. The average molecular weight is 279 g/mol. The van der Waals surface area contributed by atoms with E-state index in [0.29, 0.717) is 52.2 Å². The lowest BCUT2D eigenvalue weighted by Crippen LogP contribution is -2.60. The molecule has 0 aromatic carbocycles. The van der Waals surface area contributed by atoms with Gasteiger partial charge in [0.25, 0.3) is 10.2 Å². The third-order valence-corrected chi connectivity index (χ3v) is 5.25. The number of hydrogen-bond acceptors (Lipinski definition) is 5. The second-order valence-corrected chi connectivity index (χ2v) is 6.48. The topological polar surface area (TPSA) is 90.9 Å². The van der Waals surface area contributed by atoms with E-state index in [9.17, 15) is 13.5 Å². The maximum absolute atomic E-state index is 12.3. The van der Waals surface area contributed by atoms with E-state index in [-0.39, 0.29) is 6.61 Å². The summed E-state index contributed by atoms with van der Waals surface area (Å²) in [5.41, 5.74) is -0.762. The summed E-state index contributed by atoms with van der Waals surface area (Å²) in [4.78, 5) is 0. The van der Waals surface area contributed by atoms with Crippen LogP contribution in [0.3, 0.4) is 0 Å². The highest BCUT2D eigenvalue weighted by atomic mass is 32.2. The Morgan fingerprint density at radius 3 is 2.44 bits per heavy atom. The molecule has 2 saturated heterocycles. The largest absolute Gasteiger partial charge is 0.394 e. The summed E-state index contributed by atoms with van der Waals surface area (Å²) in [6.07, 6.45) is 1.02. The summed E-state index contributed by atoms with van der Waals surface area (Å²) in [6.45, 7) is 3.02. The number of aliphatic hydroxyl groups excluding tert-OH is 1. The van der Waals surface area contributed by atoms with Gasteiger partial charge in [0.2, 0.25) is 0 Å². The number of rotatable bonds is 4. The van der Waals surface area contributed by atoms with Crippen LogP contribution < -0.4 is 10.0 Å². The fraction of sp³-hybridized carbons (Fsp3) is 1.00. The normalized spacial score (nSPS) is 26.1. The Balaban J connectivity index is 2.05. The van der Waals surface area contributed by atoms with E-state index in [1.54, 1.807) is 0 Å². The first-order valence-corrected chi connectivity index (χ1v) is 7.70. The van der Waals surface area contributed by atoms with Crippen LogP contribution in [0.25, 0.3) is 0 Å². The first kappa shape index (κ1) is 14.2. The minimum Gasteiger partial charge on any atom is -0.394 e. The first-order chi connectivity index (χ1) is 8.58. The monoisotopic (exact) mass is 279 g/mol. The van der Waals surface area contributed by atoms with Crippen molar-refractivity contribution in [1.29, 1.82) is 0 Å². The van der Waals surface area contributed by atoms with Crippen molar-refractivity contribution >= 4 is 10.2 Å². The molecule has 2 aliphatic rings. The molecular weight excluding hydrogens is 258 g/mol. The van der Waals surface area contributed by atoms with Crippen LogP contribution in [0.1, 0.15) is 12.8 Å². The van der Waals surface area contributed by atoms with Gasteiger partial charge < -0.3 is 15.2 Å². The highest BCUT2D eigenvalue weighted by Gasteiger charge is 2.38. The van der Waals surface area contributed by atoms with Gasteiger partial charge in [0.15, 0.2) is 0 Å². The van der Waals surface area contributed by atoms with E-state index in [1.807, 2.05) is 0 Å². The van der Waals surface area contributed by atoms with Crippen LogP contribution in [0, 0.1) is 0 Å². The van der Waals surface area contributed by atoms with Crippen molar-refractivity contribution in [1.82, 2.24) is 14.3 Å². The van der Waals surface area contributed by atoms with Crippen molar-refractivity contribution < 1.29 is 18.3 Å². The molecule has 0 amide bonds. The highest BCUT2D eigenvalue weighted by molar-refractivity contribution is 7.87. The van der Waals surface area contributed by atoms with Crippen molar-refractivity contribution in [3.05, 3.63) is 0 Å². The Bertz CT molecular complexity index is 361. The summed E-state index contributed by atoms with van der Waals surface area (Å²) in [7, 11) is -3.53. The summed E-state index contributed by atoms with van der Waals surface area (Å²) in [5, 5.41) is 12.6. The van der Waals surface area contributed by atoms with Crippen molar-refractivity contribution in [2.24, 2.45) is 0 Å². The van der Waals surface area contributed by atoms with Gasteiger partial charge in [-0.25, -0.2) is 0 Å². The minimum absolute atomic E-state index is 0.193. The fourth-order valence-corrected chi connectivity index (χ4v) is 3.89. The van der Waals surface area contributed by atoms with E-state index >= 15 is 0 Å². The molecule has 2 heterocycles. The standard InChI is InChI=1S/C10H21N3O4S/c14-9-10(1-7-17-8-2-10)12-18(15,16)13-5-3-11-4-6-13/h11-12,14H,1-9H2. The molecule has 2 fully saturated rings. The van der Waals surface area contributed by atoms with Gasteiger partial charge in [-0.05, 0) is 12.8 Å². The van der Waals surface area contributed by atoms with Gasteiger partial charge in [-0.3, -0.25) is 0 Å². The predicted molar refractivity (Wildman–Crippen MR) is 66.4 cm³/mol. The average Bonchev–Trinajstić information content (AvgIpc) is 2.40. The molecule has 0 aliphatic carbocycles. The van der Waals surface area contributed by atoms with Crippen LogP contribution in [-0.4, -0.2) is 69.4 Å². The second kappa shape index (κ2) is 5.81. The lowest BCUT2D eigenvalue weighted by Gasteiger charge is -2.38. The van der Waals surface area contributed by atoms with Gasteiger partial charge in [-0.2, -0.15) is 17.4 Å². The number of nitrogens with zero attached hydrogens (tertiary/aromatic N) is 1. The molecule has 106 valence electrons. The molecule has 0 unspecified atom stereocenters. The molecule has 2 rings (SSSR count). The van der Waals surface area contributed by atoms with Crippen LogP contribution in [0.2, 0.25) is 0 Å². The zero-order chi connectivity index (χ0) is 13.1. The summed E-state index contributed by atoms with van der Waals surface area (Å²) in [6, 6.07) is 0. The van der Waals surface area contributed by atoms with Crippen LogP contribution in [-0.2, 0) is 14.9 Å². The number of nitrogens with one attached hydrogen (secondary N) is 2. The van der Waals surface area contributed by atoms with E-state index in [1.165, 1.54) is 4.31 Å². The molecule has 0 bridgehead atoms. The Labute approximate surface area is 108 Å². The van der Waals surface area contributed by atoms with Crippen LogP contribution in [0.5, 0.6) is 0 Å².